The Bertz CT molecular complexity index is 773. The Labute approximate surface area is 152 Å². The largest absolute Gasteiger partial charge is 0.480 e. The molecular formula is C17H23FN2O5S. The Balaban J connectivity index is 2.25. The van der Waals surface area contributed by atoms with E-state index in [1.807, 2.05) is 19.2 Å². The van der Waals surface area contributed by atoms with Crippen molar-refractivity contribution in [2.45, 2.75) is 31.2 Å². The number of carboxylic acid groups (broad SMARTS) is 1. The van der Waals surface area contributed by atoms with Gasteiger partial charge in [-0.05, 0) is 36.5 Å². The van der Waals surface area contributed by atoms with Gasteiger partial charge in [0.15, 0.2) is 6.04 Å². The van der Waals surface area contributed by atoms with Crippen LogP contribution in [-0.4, -0.2) is 55.5 Å². The molecule has 2 rings (SSSR count). The third-order valence-electron chi connectivity index (χ3n) is 4.33. The second-order valence-corrected chi connectivity index (χ2v) is 8.75. The van der Waals surface area contributed by atoms with Crippen LogP contribution in [0.4, 0.5) is 4.39 Å². The van der Waals surface area contributed by atoms with Crippen LogP contribution in [-0.2, 0) is 14.8 Å². The highest BCUT2D eigenvalue weighted by atomic mass is 32.2. The van der Waals surface area contributed by atoms with E-state index in [9.17, 15) is 22.4 Å². The summed E-state index contributed by atoms with van der Waals surface area (Å²) < 4.78 is 39.8. The Morgan fingerprint density at radius 3 is 2.46 bits per heavy atom. The lowest BCUT2D eigenvalue weighted by molar-refractivity contribution is -0.139. The molecule has 1 aliphatic heterocycles. The van der Waals surface area contributed by atoms with Crippen LogP contribution in [0.1, 0.15) is 30.6 Å². The van der Waals surface area contributed by atoms with E-state index in [1.165, 1.54) is 28.6 Å². The third kappa shape index (κ3) is 4.59. The minimum absolute atomic E-state index is 0.0381. The molecular weight excluding hydrogens is 363 g/mol. The Kier molecular flexibility index (Phi) is 6.35. The van der Waals surface area contributed by atoms with E-state index in [1.54, 1.807) is 0 Å². The minimum atomic E-state index is -3.77. The summed E-state index contributed by atoms with van der Waals surface area (Å²) in [6, 6.07) is 3.66. The number of amides is 1. The summed E-state index contributed by atoms with van der Waals surface area (Å²) in [5.41, 5.74) is -0.0381. The Hall–Kier alpha value is -2.00. The third-order valence-corrected chi connectivity index (χ3v) is 6.15. The number of benzene rings is 1. The predicted molar refractivity (Wildman–Crippen MR) is 93.0 cm³/mol. The SMILES string of the molecule is CC1CC(C)CN(S(=O)(=O)c2cccc(C(=O)NC(CF)C(=O)O)c2)C1. The smallest absolute Gasteiger partial charge is 0.328 e. The van der Waals surface area contributed by atoms with Gasteiger partial charge < -0.3 is 10.4 Å². The highest BCUT2D eigenvalue weighted by Crippen LogP contribution is 2.27. The molecule has 0 spiro atoms. The van der Waals surface area contributed by atoms with Crippen molar-refractivity contribution in [3.63, 3.8) is 0 Å². The van der Waals surface area contributed by atoms with E-state index in [-0.39, 0.29) is 22.3 Å². The number of sulfonamides is 1. The lowest BCUT2D eigenvalue weighted by Crippen LogP contribution is -2.43. The van der Waals surface area contributed by atoms with Crippen LogP contribution in [0.25, 0.3) is 0 Å². The van der Waals surface area contributed by atoms with Gasteiger partial charge in [-0.3, -0.25) is 4.79 Å². The molecule has 144 valence electrons. The zero-order valence-corrected chi connectivity index (χ0v) is 15.5. The Morgan fingerprint density at radius 1 is 1.31 bits per heavy atom. The highest BCUT2D eigenvalue weighted by molar-refractivity contribution is 7.89. The molecule has 3 atom stereocenters. The number of carbonyl (C=O) groups is 2. The van der Waals surface area contributed by atoms with Crippen LogP contribution in [0.3, 0.4) is 0 Å². The van der Waals surface area contributed by atoms with Crippen molar-refractivity contribution in [3.8, 4) is 0 Å². The highest BCUT2D eigenvalue weighted by Gasteiger charge is 2.32. The van der Waals surface area contributed by atoms with Crippen molar-refractivity contribution >= 4 is 21.9 Å². The predicted octanol–water partition coefficient (Wildman–Crippen LogP) is 1.51. The molecule has 1 heterocycles. The maximum atomic E-state index is 12.9. The lowest BCUT2D eigenvalue weighted by atomic mass is 9.94. The molecule has 1 fully saturated rings. The van der Waals surface area contributed by atoms with E-state index in [2.05, 4.69) is 0 Å². The fourth-order valence-corrected chi connectivity index (χ4v) is 4.88. The molecule has 1 aliphatic rings. The van der Waals surface area contributed by atoms with Crippen LogP contribution in [0.15, 0.2) is 29.2 Å². The summed E-state index contributed by atoms with van der Waals surface area (Å²) >= 11 is 0. The molecule has 1 amide bonds. The summed E-state index contributed by atoms with van der Waals surface area (Å²) in [5, 5.41) is 10.8. The number of nitrogens with zero attached hydrogens (tertiary/aromatic N) is 1. The number of halogens is 1. The van der Waals surface area contributed by atoms with Gasteiger partial charge in [0, 0.05) is 18.7 Å². The number of hydrogen-bond acceptors (Lipinski definition) is 4. The number of hydrogen-bond donors (Lipinski definition) is 2. The first kappa shape index (κ1) is 20.3. The minimum Gasteiger partial charge on any atom is -0.480 e. The summed E-state index contributed by atoms with van der Waals surface area (Å²) in [6.45, 7) is 3.54. The van der Waals surface area contributed by atoms with Crippen molar-refractivity contribution in [3.05, 3.63) is 29.8 Å². The average molecular weight is 386 g/mol. The normalized spacial score (nSPS) is 22.6. The van der Waals surface area contributed by atoms with E-state index >= 15 is 0 Å². The first-order valence-electron chi connectivity index (χ1n) is 8.35. The summed E-state index contributed by atoms with van der Waals surface area (Å²) in [4.78, 5) is 22.9. The molecule has 2 N–H and O–H groups in total. The first-order valence-corrected chi connectivity index (χ1v) is 9.79. The van der Waals surface area contributed by atoms with Gasteiger partial charge in [0.1, 0.15) is 6.67 Å². The van der Waals surface area contributed by atoms with Gasteiger partial charge >= 0.3 is 5.97 Å². The van der Waals surface area contributed by atoms with Gasteiger partial charge in [0.05, 0.1) is 4.90 Å². The summed E-state index contributed by atoms with van der Waals surface area (Å²) in [7, 11) is -3.77. The van der Waals surface area contributed by atoms with Gasteiger partial charge in [-0.15, -0.1) is 0 Å². The molecule has 1 saturated heterocycles. The number of carbonyl (C=O) groups excluding carboxylic acids is 1. The fourth-order valence-electron chi connectivity index (χ4n) is 3.16. The number of rotatable bonds is 6. The average Bonchev–Trinajstić information content (AvgIpc) is 2.58. The monoisotopic (exact) mass is 386 g/mol. The van der Waals surface area contributed by atoms with E-state index in [0.29, 0.717) is 13.1 Å². The van der Waals surface area contributed by atoms with Crippen LogP contribution in [0.5, 0.6) is 0 Å². The Morgan fingerprint density at radius 2 is 1.92 bits per heavy atom. The fraction of sp³-hybridized carbons (Fsp3) is 0.529. The van der Waals surface area contributed by atoms with Crippen LogP contribution in [0, 0.1) is 11.8 Å². The molecule has 1 aromatic rings. The number of aliphatic carboxylic acids is 1. The number of piperidine rings is 1. The van der Waals surface area contributed by atoms with Gasteiger partial charge in [0.25, 0.3) is 5.91 Å². The molecule has 0 aliphatic carbocycles. The molecule has 9 heteroatoms. The van der Waals surface area contributed by atoms with Crippen molar-refractivity contribution in [1.29, 1.82) is 0 Å². The van der Waals surface area contributed by atoms with E-state index < -0.39 is 34.6 Å². The summed E-state index contributed by atoms with van der Waals surface area (Å²) in [5.74, 6) is -1.87. The van der Waals surface area contributed by atoms with Gasteiger partial charge in [0.2, 0.25) is 10.0 Å². The molecule has 7 nitrogen and oxygen atoms in total. The van der Waals surface area contributed by atoms with Gasteiger partial charge in [-0.25, -0.2) is 17.6 Å². The van der Waals surface area contributed by atoms with Crippen molar-refractivity contribution in [1.82, 2.24) is 9.62 Å². The van der Waals surface area contributed by atoms with Crippen LogP contribution in [0.2, 0.25) is 0 Å². The van der Waals surface area contributed by atoms with Gasteiger partial charge in [-0.2, -0.15) is 4.31 Å². The number of nitrogens with one attached hydrogen (secondary N) is 1. The van der Waals surface area contributed by atoms with Crippen molar-refractivity contribution < 1.29 is 27.5 Å². The van der Waals surface area contributed by atoms with Gasteiger partial charge in [-0.1, -0.05) is 19.9 Å². The van der Waals surface area contributed by atoms with Crippen molar-refractivity contribution in [2.24, 2.45) is 11.8 Å². The van der Waals surface area contributed by atoms with E-state index in [4.69, 9.17) is 5.11 Å². The molecule has 26 heavy (non-hydrogen) atoms. The number of alkyl halides is 1. The standard InChI is InChI=1S/C17H23FN2O5S/c1-11-6-12(2)10-20(9-11)26(24,25)14-5-3-4-13(7-14)16(21)19-15(8-18)17(22)23/h3-5,7,11-12,15H,6,8-10H2,1-2H3,(H,19,21)(H,22,23). The van der Waals surface area contributed by atoms with Crippen LogP contribution < -0.4 is 5.32 Å². The lowest BCUT2D eigenvalue weighted by Gasteiger charge is -2.34. The molecule has 3 unspecified atom stereocenters. The number of carboxylic acids is 1. The van der Waals surface area contributed by atoms with Crippen molar-refractivity contribution in [2.75, 3.05) is 19.8 Å². The topological polar surface area (TPSA) is 104 Å². The molecule has 0 bridgehead atoms. The quantitative estimate of drug-likeness (QED) is 0.771. The maximum Gasteiger partial charge on any atom is 0.328 e. The summed E-state index contributed by atoms with van der Waals surface area (Å²) in [6.07, 6.45) is 0.953. The second kappa shape index (κ2) is 8.13. The second-order valence-electron chi connectivity index (χ2n) is 6.81. The maximum absolute atomic E-state index is 12.9. The van der Waals surface area contributed by atoms with E-state index in [0.717, 1.165) is 6.42 Å². The molecule has 0 saturated carbocycles. The first-order chi connectivity index (χ1) is 12.1. The molecule has 1 aromatic carbocycles. The molecule has 0 radical (unpaired) electrons. The zero-order chi connectivity index (χ0) is 19.5. The zero-order valence-electron chi connectivity index (χ0n) is 14.7. The molecule has 0 aromatic heterocycles. The van der Waals surface area contributed by atoms with Crippen LogP contribution >= 0.6 is 0 Å².